The first-order valence-electron chi connectivity index (χ1n) is 10.00. The summed E-state index contributed by atoms with van der Waals surface area (Å²) in [7, 11) is 0. The van der Waals surface area contributed by atoms with E-state index in [2.05, 4.69) is 30.7 Å². The molecule has 3 aromatic heterocycles. The molecule has 4 rings (SSSR count). The first kappa shape index (κ1) is 20.8. The van der Waals surface area contributed by atoms with Crippen LogP contribution in [-0.2, 0) is 17.3 Å². The van der Waals surface area contributed by atoms with Gasteiger partial charge in [0.2, 0.25) is 11.7 Å². The summed E-state index contributed by atoms with van der Waals surface area (Å²) in [5.74, 6) is -2.81. The molecular weight excluding hydrogens is 404 g/mol. The van der Waals surface area contributed by atoms with Gasteiger partial charge in [-0.3, -0.25) is 9.48 Å². The number of halogens is 2. The highest BCUT2D eigenvalue weighted by Gasteiger charge is 2.29. The number of nitrogens with one attached hydrogen (secondary N) is 2. The average Bonchev–Trinajstić information content (AvgIpc) is 3.36. The van der Waals surface area contributed by atoms with Crippen molar-refractivity contribution in [2.75, 3.05) is 10.6 Å². The van der Waals surface area contributed by atoms with Crippen molar-refractivity contribution in [2.45, 2.75) is 46.1 Å². The van der Waals surface area contributed by atoms with E-state index in [-0.39, 0.29) is 11.7 Å². The molecule has 8 nitrogen and oxygen atoms in total. The van der Waals surface area contributed by atoms with Crippen molar-refractivity contribution in [2.24, 2.45) is 5.92 Å². The number of rotatable bonds is 7. The van der Waals surface area contributed by atoms with Gasteiger partial charge in [-0.05, 0) is 31.7 Å². The second-order valence-corrected chi connectivity index (χ2v) is 7.89. The van der Waals surface area contributed by atoms with E-state index >= 15 is 0 Å². The van der Waals surface area contributed by atoms with Gasteiger partial charge in [-0.2, -0.15) is 13.9 Å². The fourth-order valence-corrected chi connectivity index (χ4v) is 3.15. The summed E-state index contributed by atoms with van der Waals surface area (Å²) in [6.45, 7) is 4.62. The van der Waals surface area contributed by atoms with E-state index in [4.69, 9.17) is 0 Å². The van der Waals surface area contributed by atoms with Gasteiger partial charge in [-0.25, -0.2) is 15.0 Å². The van der Waals surface area contributed by atoms with E-state index in [9.17, 15) is 13.6 Å². The molecule has 0 spiro atoms. The Morgan fingerprint density at radius 2 is 2.03 bits per heavy atom. The first-order chi connectivity index (χ1) is 14.7. The molecule has 0 unspecified atom stereocenters. The molecule has 3 aromatic rings. The minimum absolute atomic E-state index is 0.211. The predicted molar refractivity (Wildman–Crippen MR) is 112 cm³/mol. The molecule has 1 saturated carbocycles. The zero-order valence-corrected chi connectivity index (χ0v) is 17.5. The Kier molecular flexibility index (Phi) is 5.38. The van der Waals surface area contributed by atoms with Crippen LogP contribution in [0.1, 0.15) is 38.2 Å². The Morgan fingerprint density at radius 1 is 1.26 bits per heavy atom. The second-order valence-electron chi connectivity index (χ2n) is 7.89. The summed E-state index contributed by atoms with van der Waals surface area (Å²) >= 11 is 0. The lowest BCUT2D eigenvalue weighted by atomic mass is 10.1. The molecule has 1 aliphatic rings. The highest BCUT2D eigenvalue weighted by Crippen LogP contribution is 2.33. The van der Waals surface area contributed by atoms with Gasteiger partial charge in [0, 0.05) is 56.2 Å². The van der Waals surface area contributed by atoms with Crippen molar-refractivity contribution in [1.82, 2.24) is 24.7 Å². The van der Waals surface area contributed by atoms with Crippen LogP contribution in [0.2, 0.25) is 0 Å². The normalized spacial score (nSPS) is 13.8. The summed E-state index contributed by atoms with van der Waals surface area (Å²) < 4.78 is 29.5. The van der Waals surface area contributed by atoms with Crippen molar-refractivity contribution < 1.29 is 13.6 Å². The maximum Gasteiger partial charge on any atom is 0.303 e. The van der Waals surface area contributed by atoms with E-state index in [0.717, 1.165) is 13.5 Å². The van der Waals surface area contributed by atoms with Crippen LogP contribution in [0.3, 0.4) is 0 Å². The Bertz CT molecular complexity index is 1120. The molecule has 0 saturated heterocycles. The molecule has 162 valence electrons. The van der Waals surface area contributed by atoms with Crippen LogP contribution in [0.5, 0.6) is 0 Å². The average molecular weight is 427 g/mol. The number of carbonyl (C=O) groups is 1. The third-order valence-corrected chi connectivity index (χ3v) is 4.78. The van der Waals surface area contributed by atoms with Crippen LogP contribution in [0.25, 0.3) is 11.3 Å². The molecule has 0 bridgehead atoms. The summed E-state index contributed by atoms with van der Waals surface area (Å²) in [5.41, 5.74) is 2.26. The lowest BCUT2D eigenvalue weighted by Crippen LogP contribution is -2.14. The third-order valence-electron chi connectivity index (χ3n) is 4.78. The van der Waals surface area contributed by atoms with E-state index in [0.29, 0.717) is 34.4 Å². The molecule has 0 atom stereocenters. The van der Waals surface area contributed by atoms with Crippen LogP contribution in [0.4, 0.5) is 26.1 Å². The Morgan fingerprint density at radius 3 is 2.71 bits per heavy atom. The van der Waals surface area contributed by atoms with Crippen molar-refractivity contribution in [3.63, 3.8) is 0 Å². The first-order valence-corrected chi connectivity index (χ1v) is 10.00. The van der Waals surface area contributed by atoms with Crippen molar-refractivity contribution in [1.29, 1.82) is 0 Å². The molecular formula is C21H23F2N7O. The molecule has 2 N–H and O–H groups in total. The van der Waals surface area contributed by atoms with E-state index in [1.165, 1.54) is 19.8 Å². The quantitative estimate of drug-likeness (QED) is 0.585. The molecule has 1 aliphatic carbocycles. The highest BCUT2D eigenvalue weighted by atomic mass is 19.3. The van der Waals surface area contributed by atoms with Crippen molar-refractivity contribution in [3.8, 4) is 11.3 Å². The van der Waals surface area contributed by atoms with Crippen LogP contribution in [0, 0.1) is 12.8 Å². The molecule has 31 heavy (non-hydrogen) atoms. The monoisotopic (exact) mass is 427 g/mol. The maximum absolute atomic E-state index is 13.8. The molecule has 0 aliphatic heterocycles. The number of anilines is 3. The zero-order chi connectivity index (χ0) is 22.2. The van der Waals surface area contributed by atoms with Gasteiger partial charge in [-0.1, -0.05) is 0 Å². The minimum atomic E-state index is -3.17. The standard InChI is InChI=1S/C21H23F2N7O/c1-12-8-19(28-20(25-12)21(3,22)23)27-17-9-18(26-13(2)31)24-10-15(17)16-6-7-30(29-16)11-14-4-5-14/h6-10,14H,4-5,11H2,1-3H3,(H2,24,25,26,27,28,31). The van der Waals surface area contributed by atoms with Crippen molar-refractivity contribution in [3.05, 3.63) is 42.1 Å². The van der Waals surface area contributed by atoms with Gasteiger partial charge in [0.15, 0.2) is 0 Å². The van der Waals surface area contributed by atoms with Gasteiger partial charge < -0.3 is 10.6 Å². The summed E-state index contributed by atoms with van der Waals surface area (Å²) in [6, 6.07) is 5.07. The summed E-state index contributed by atoms with van der Waals surface area (Å²) in [6.07, 6.45) is 5.92. The predicted octanol–water partition coefficient (Wildman–Crippen LogP) is 4.27. The molecule has 1 amide bonds. The third kappa shape index (κ3) is 5.19. The number of carbonyl (C=O) groups excluding carboxylic acids is 1. The van der Waals surface area contributed by atoms with Gasteiger partial charge in [-0.15, -0.1) is 0 Å². The molecule has 3 heterocycles. The summed E-state index contributed by atoms with van der Waals surface area (Å²) in [5, 5.41) is 10.3. The summed E-state index contributed by atoms with van der Waals surface area (Å²) in [4.78, 5) is 23.5. The van der Waals surface area contributed by atoms with E-state index in [1.54, 1.807) is 25.3 Å². The topological polar surface area (TPSA) is 97.6 Å². The lowest BCUT2D eigenvalue weighted by Gasteiger charge is -2.15. The minimum Gasteiger partial charge on any atom is -0.339 e. The number of hydrogen-bond donors (Lipinski definition) is 2. The van der Waals surface area contributed by atoms with Crippen LogP contribution in [-0.4, -0.2) is 30.6 Å². The number of aryl methyl sites for hydroxylation is 1. The smallest absolute Gasteiger partial charge is 0.303 e. The van der Waals surface area contributed by atoms with Gasteiger partial charge in [0.25, 0.3) is 0 Å². The number of alkyl halides is 2. The van der Waals surface area contributed by atoms with E-state index in [1.807, 2.05) is 16.9 Å². The Balaban J connectivity index is 1.71. The van der Waals surface area contributed by atoms with Gasteiger partial charge in [0.1, 0.15) is 11.6 Å². The maximum atomic E-state index is 13.8. The highest BCUT2D eigenvalue weighted by molar-refractivity contribution is 5.89. The zero-order valence-electron chi connectivity index (χ0n) is 17.5. The molecule has 10 heteroatoms. The molecule has 0 radical (unpaired) electrons. The number of amides is 1. The van der Waals surface area contributed by atoms with Gasteiger partial charge in [0.05, 0.1) is 11.4 Å². The van der Waals surface area contributed by atoms with Crippen LogP contribution in [0.15, 0.2) is 30.6 Å². The van der Waals surface area contributed by atoms with Crippen LogP contribution >= 0.6 is 0 Å². The van der Waals surface area contributed by atoms with Crippen LogP contribution < -0.4 is 10.6 Å². The number of aromatic nitrogens is 5. The molecule has 1 fully saturated rings. The number of nitrogens with zero attached hydrogens (tertiary/aromatic N) is 5. The largest absolute Gasteiger partial charge is 0.339 e. The second kappa shape index (κ2) is 8.01. The van der Waals surface area contributed by atoms with Crippen molar-refractivity contribution >= 4 is 23.2 Å². The SMILES string of the molecule is CC(=O)Nc1cc(Nc2cc(C)nc(C(C)(F)F)n2)c(-c2ccn(CC3CC3)n2)cn1. The van der Waals surface area contributed by atoms with Gasteiger partial charge >= 0.3 is 5.92 Å². The van der Waals surface area contributed by atoms with E-state index < -0.39 is 11.7 Å². The molecule has 0 aromatic carbocycles. The Hall–Kier alpha value is -3.43. The fourth-order valence-electron chi connectivity index (χ4n) is 3.15. The fraction of sp³-hybridized carbons (Fsp3) is 0.381. The lowest BCUT2D eigenvalue weighted by molar-refractivity contribution is -0.114. The number of pyridine rings is 1. The Labute approximate surface area is 178 Å². The number of hydrogen-bond acceptors (Lipinski definition) is 6.